The average Bonchev–Trinajstić information content (AvgIpc) is 3.01. The molecule has 2 aliphatic rings. The van der Waals surface area contributed by atoms with Gasteiger partial charge in [-0.05, 0) is 43.9 Å². The summed E-state index contributed by atoms with van der Waals surface area (Å²) in [5, 5.41) is 0.781. The maximum absolute atomic E-state index is 6.14. The summed E-state index contributed by atoms with van der Waals surface area (Å²) in [5.74, 6) is 1.88. The highest BCUT2D eigenvalue weighted by Gasteiger charge is 2.30. The quantitative estimate of drug-likeness (QED) is 0.854. The molecule has 100 valence electrons. The number of ether oxygens (including phenoxy) is 1. The van der Waals surface area contributed by atoms with E-state index in [2.05, 4.69) is 4.57 Å². The first-order chi connectivity index (χ1) is 9.31. The van der Waals surface area contributed by atoms with Gasteiger partial charge in [-0.2, -0.15) is 0 Å². The Kier molecular flexibility index (Phi) is 2.78. The predicted molar refractivity (Wildman–Crippen MR) is 75.7 cm³/mol. The lowest BCUT2D eigenvalue weighted by Gasteiger charge is -2.14. The second-order valence-electron chi connectivity index (χ2n) is 5.62. The number of hydrogen-bond acceptors (Lipinski definition) is 2. The fourth-order valence-electron chi connectivity index (χ4n) is 2.95. The maximum Gasteiger partial charge on any atom is 0.113 e. The minimum absolute atomic E-state index is 0.342. The first kappa shape index (κ1) is 11.7. The zero-order chi connectivity index (χ0) is 12.8. The van der Waals surface area contributed by atoms with Gasteiger partial charge in [0.25, 0.3) is 0 Å². The van der Waals surface area contributed by atoms with Crippen molar-refractivity contribution >= 4 is 22.6 Å². The molecule has 1 unspecified atom stereocenters. The third-order valence-corrected chi connectivity index (χ3v) is 4.33. The molecule has 3 nitrogen and oxygen atoms in total. The summed E-state index contributed by atoms with van der Waals surface area (Å²) in [5.41, 5.74) is 2.22. The molecule has 4 rings (SSSR count). The largest absolute Gasteiger partial charge is 0.376 e. The van der Waals surface area contributed by atoms with Crippen LogP contribution in [-0.2, 0) is 11.3 Å². The number of halogens is 1. The van der Waals surface area contributed by atoms with Crippen LogP contribution in [0.1, 0.15) is 37.4 Å². The minimum atomic E-state index is 0.342. The molecule has 1 saturated heterocycles. The number of rotatable bonds is 3. The van der Waals surface area contributed by atoms with E-state index < -0.39 is 0 Å². The third kappa shape index (κ3) is 2.15. The summed E-state index contributed by atoms with van der Waals surface area (Å²) in [7, 11) is 0. The molecule has 1 aliphatic carbocycles. The molecule has 1 aromatic carbocycles. The highest BCUT2D eigenvalue weighted by Crippen LogP contribution is 2.41. The number of benzene rings is 1. The van der Waals surface area contributed by atoms with Crippen molar-refractivity contribution in [2.75, 3.05) is 6.61 Å². The van der Waals surface area contributed by atoms with Crippen LogP contribution in [-0.4, -0.2) is 22.3 Å². The lowest BCUT2D eigenvalue weighted by Crippen LogP contribution is -2.16. The van der Waals surface area contributed by atoms with Crippen molar-refractivity contribution in [1.82, 2.24) is 9.55 Å². The Morgan fingerprint density at radius 2 is 2.21 bits per heavy atom. The van der Waals surface area contributed by atoms with Gasteiger partial charge in [-0.25, -0.2) is 4.98 Å². The van der Waals surface area contributed by atoms with Crippen LogP contribution in [0.5, 0.6) is 0 Å². The molecule has 1 aliphatic heterocycles. The molecule has 2 heterocycles. The van der Waals surface area contributed by atoms with Crippen molar-refractivity contribution in [3.05, 3.63) is 29.0 Å². The van der Waals surface area contributed by atoms with Crippen LogP contribution in [0.15, 0.2) is 18.2 Å². The van der Waals surface area contributed by atoms with Crippen LogP contribution in [0.25, 0.3) is 11.0 Å². The van der Waals surface area contributed by atoms with Crippen molar-refractivity contribution in [3.8, 4) is 0 Å². The molecule has 1 aromatic heterocycles. The topological polar surface area (TPSA) is 27.1 Å². The summed E-state index contributed by atoms with van der Waals surface area (Å²) >= 11 is 6.14. The van der Waals surface area contributed by atoms with Crippen LogP contribution in [0.3, 0.4) is 0 Å². The summed E-state index contributed by atoms with van der Waals surface area (Å²) in [6, 6.07) is 5.98. The highest BCUT2D eigenvalue weighted by atomic mass is 35.5. The standard InChI is InChI=1S/C15H17ClN2O/c16-11-5-6-13-14(8-11)18(9-12-2-1-7-19-12)15(17-13)10-3-4-10/h5-6,8,10,12H,1-4,7,9H2. The number of imidazole rings is 1. The van der Waals surface area contributed by atoms with E-state index in [9.17, 15) is 0 Å². The maximum atomic E-state index is 6.14. The molecule has 0 N–H and O–H groups in total. The first-order valence-corrected chi connectivity index (χ1v) is 7.46. The van der Waals surface area contributed by atoms with Gasteiger partial charge >= 0.3 is 0 Å². The van der Waals surface area contributed by atoms with Gasteiger partial charge in [-0.15, -0.1) is 0 Å². The van der Waals surface area contributed by atoms with Gasteiger partial charge in [0.05, 0.1) is 23.7 Å². The van der Waals surface area contributed by atoms with Gasteiger partial charge in [0.15, 0.2) is 0 Å². The van der Waals surface area contributed by atoms with E-state index in [4.69, 9.17) is 21.3 Å². The molecule has 0 spiro atoms. The molecule has 19 heavy (non-hydrogen) atoms. The SMILES string of the molecule is Clc1ccc2nc(C3CC3)n(CC3CCCO3)c2c1. The second kappa shape index (κ2) is 4.50. The van der Waals surface area contributed by atoms with Crippen molar-refractivity contribution in [2.24, 2.45) is 0 Å². The van der Waals surface area contributed by atoms with Gasteiger partial charge in [-0.1, -0.05) is 11.6 Å². The Balaban J connectivity index is 1.79. The van der Waals surface area contributed by atoms with E-state index in [1.54, 1.807) is 0 Å². The van der Waals surface area contributed by atoms with Crippen LogP contribution >= 0.6 is 11.6 Å². The van der Waals surface area contributed by atoms with Crippen LogP contribution in [0.2, 0.25) is 5.02 Å². The van der Waals surface area contributed by atoms with E-state index in [-0.39, 0.29) is 0 Å². The van der Waals surface area contributed by atoms with Gasteiger partial charge in [0, 0.05) is 17.5 Å². The van der Waals surface area contributed by atoms with E-state index >= 15 is 0 Å². The Labute approximate surface area is 117 Å². The zero-order valence-corrected chi connectivity index (χ0v) is 11.6. The Hall–Kier alpha value is -1.06. The predicted octanol–water partition coefficient (Wildman–Crippen LogP) is 3.75. The molecule has 2 fully saturated rings. The second-order valence-corrected chi connectivity index (χ2v) is 6.06. The van der Waals surface area contributed by atoms with Gasteiger partial charge in [0.1, 0.15) is 5.82 Å². The molecule has 0 radical (unpaired) electrons. The van der Waals surface area contributed by atoms with Gasteiger partial charge in [-0.3, -0.25) is 0 Å². The molecular formula is C15H17ClN2O. The highest BCUT2D eigenvalue weighted by molar-refractivity contribution is 6.31. The van der Waals surface area contributed by atoms with E-state index in [1.807, 2.05) is 18.2 Å². The molecule has 1 saturated carbocycles. The Morgan fingerprint density at radius 1 is 1.32 bits per heavy atom. The Morgan fingerprint density at radius 3 is 2.95 bits per heavy atom. The zero-order valence-electron chi connectivity index (χ0n) is 10.8. The number of aromatic nitrogens is 2. The van der Waals surface area contributed by atoms with Gasteiger partial charge in [0.2, 0.25) is 0 Å². The van der Waals surface area contributed by atoms with E-state index in [0.717, 1.165) is 35.6 Å². The van der Waals surface area contributed by atoms with E-state index in [1.165, 1.54) is 25.1 Å². The molecule has 0 bridgehead atoms. The van der Waals surface area contributed by atoms with Crippen LogP contribution in [0.4, 0.5) is 0 Å². The van der Waals surface area contributed by atoms with Crippen molar-refractivity contribution in [3.63, 3.8) is 0 Å². The summed E-state index contributed by atoms with van der Waals surface area (Å²) in [4.78, 5) is 4.81. The molecule has 1 atom stereocenters. The van der Waals surface area contributed by atoms with Crippen molar-refractivity contribution in [2.45, 2.75) is 44.2 Å². The fraction of sp³-hybridized carbons (Fsp3) is 0.533. The monoisotopic (exact) mass is 276 g/mol. The lowest BCUT2D eigenvalue weighted by molar-refractivity contribution is 0.0972. The number of hydrogen-bond donors (Lipinski definition) is 0. The van der Waals surface area contributed by atoms with Crippen LogP contribution in [0, 0.1) is 0 Å². The summed E-state index contributed by atoms with van der Waals surface area (Å²) in [6.07, 6.45) is 5.21. The smallest absolute Gasteiger partial charge is 0.113 e. The number of nitrogens with zero attached hydrogens (tertiary/aromatic N) is 2. The Bertz CT molecular complexity index is 612. The number of fused-ring (bicyclic) bond motifs is 1. The average molecular weight is 277 g/mol. The fourth-order valence-corrected chi connectivity index (χ4v) is 3.12. The molecule has 2 aromatic rings. The van der Waals surface area contributed by atoms with E-state index in [0.29, 0.717) is 12.0 Å². The molecule has 0 amide bonds. The normalized spacial score (nSPS) is 23.3. The van der Waals surface area contributed by atoms with Crippen molar-refractivity contribution < 1.29 is 4.74 Å². The molecular weight excluding hydrogens is 260 g/mol. The minimum Gasteiger partial charge on any atom is -0.376 e. The third-order valence-electron chi connectivity index (χ3n) is 4.09. The first-order valence-electron chi connectivity index (χ1n) is 7.08. The lowest BCUT2D eigenvalue weighted by atomic mass is 10.2. The van der Waals surface area contributed by atoms with Gasteiger partial charge < -0.3 is 9.30 Å². The molecule has 4 heteroatoms. The summed E-state index contributed by atoms with van der Waals surface area (Å²) in [6.45, 7) is 1.82. The van der Waals surface area contributed by atoms with Crippen LogP contribution < -0.4 is 0 Å². The summed E-state index contributed by atoms with van der Waals surface area (Å²) < 4.78 is 8.12. The van der Waals surface area contributed by atoms with Crippen molar-refractivity contribution in [1.29, 1.82) is 0 Å².